The molecule has 0 fully saturated rings. The molecule has 0 saturated carbocycles. The van der Waals surface area contributed by atoms with E-state index in [4.69, 9.17) is 27.3 Å². The van der Waals surface area contributed by atoms with Gasteiger partial charge in [-0.2, -0.15) is 0 Å². The van der Waals surface area contributed by atoms with Crippen molar-refractivity contribution in [2.75, 3.05) is 26.8 Å². The Morgan fingerprint density at radius 2 is 2.30 bits per heavy atom. The number of oxime groups is 1. The molecular formula is C12H18ClN3O3S. The van der Waals surface area contributed by atoms with Crippen molar-refractivity contribution in [1.29, 1.82) is 0 Å². The van der Waals surface area contributed by atoms with Crippen LogP contribution in [0, 0.1) is 6.92 Å². The summed E-state index contributed by atoms with van der Waals surface area (Å²) in [5, 5.41) is 13.8. The highest BCUT2D eigenvalue weighted by Gasteiger charge is 2.21. The number of hydrogen-bond donors (Lipinski definition) is 2. The molecular weight excluding hydrogens is 302 g/mol. The first-order chi connectivity index (χ1) is 9.51. The van der Waals surface area contributed by atoms with Crippen molar-refractivity contribution in [3.63, 3.8) is 0 Å². The fraction of sp³-hybridized carbons (Fsp3) is 0.500. The molecule has 0 aliphatic carbocycles. The number of aryl methyl sites for hydroxylation is 1. The maximum absolute atomic E-state index is 12.4. The average Bonchev–Trinajstić information content (AvgIpc) is 2.78. The van der Waals surface area contributed by atoms with E-state index in [0.717, 1.165) is 5.56 Å². The summed E-state index contributed by atoms with van der Waals surface area (Å²) in [5.41, 5.74) is 6.31. The van der Waals surface area contributed by atoms with Gasteiger partial charge in [0.1, 0.15) is 10.7 Å². The monoisotopic (exact) mass is 319 g/mol. The highest BCUT2D eigenvalue weighted by atomic mass is 35.5. The Balaban J connectivity index is 2.81. The van der Waals surface area contributed by atoms with Gasteiger partial charge in [0.2, 0.25) is 0 Å². The molecule has 6 nitrogen and oxygen atoms in total. The van der Waals surface area contributed by atoms with Crippen LogP contribution < -0.4 is 5.73 Å². The molecule has 0 aromatic carbocycles. The minimum atomic E-state index is -0.170. The Morgan fingerprint density at radius 3 is 2.80 bits per heavy atom. The van der Waals surface area contributed by atoms with Crippen molar-refractivity contribution in [3.05, 3.63) is 20.8 Å². The number of carbonyl (C=O) groups is 1. The lowest BCUT2D eigenvalue weighted by Crippen LogP contribution is -2.36. The van der Waals surface area contributed by atoms with Gasteiger partial charge in [-0.25, -0.2) is 0 Å². The second-order valence-corrected chi connectivity index (χ2v) is 5.45. The molecule has 0 saturated heterocycles. The molecule has 0 aliphatic heterocycles. The van der Waals surface area contributed by atoms with E-state index in [9.17, 15) is 4.79 Å². The molecule has 1 heterocycles. The number of methoxy groups -OCH3 is 1. The van der Waals surface area contributed by atoms with E-state index in [2.05, 4.69) is 5.16 Å². The lowest BCUT2D eigenvalue weighted by molar-refractivity contribution is 0.0705. The molecule has 1 amide bonds. The van der Waals surface area contributed by atoms with Crippen LogP contribution in [0.25, 0.3) is 0 Å². The fourth-order valence-corrected chi connectivity index (χ4v) is 2.77. The van der Waals surface area contributed by atoms with Gasteiger partial charge in [0, 0.05) is 26.6 Å². The number of nitrogens with two attached hydrogens (primary N) is 1. The molecule has 112 valence electrons. The van der Waals surface area contributed by atoms with Crippen LogP contribution in [0.15, 0.2) is 10.5 Å². The largest absolute Gasteiger partial charge is 0.409 e. The normalized spacial score (nSPS) is 11.7. The van der Waals surface area contributed by atoms with Gasteiger partial charge in [0.15, 0.2) is 0 Å². The summed E-state index contributed by atoms with van der Waals surface area (Å²) in [6.07, 6.45) is 0.286. The molecule has 1 aromatic heterocycles. The predicted octanol–water partition coefficient (Wildman–Crippen LogP) is 1.94. The summed E-state index contributed by atoms with van der Waals surface area (Å²) in [7, 11) is 1.56. The third-order valence-electron chi connectivity index (χ3n) is 2.71. The fourth-order valence-electron chi connectivity index (χ4n) is 1.53. The Morgan fingerprint density at radius 1 is 1.60 bits per heavy atom. The molecule has 20 heavy (non-hydrogen) atoms. The van der Waals surface area contributed by atoms with Crippen molar-refractivity contribution in [1.82, 2.24) is 4.90 Å². The lowest BCUT2D eigenvalue weighted by atomic mass is 10.3. The van der Waals surface area contributed by atoms with Crippen LogP contribution in [0.2, 0.25) is 5.02 Å². The standard InChI is InChI=1S/C12H18ClN3O3S/c1-8-7-20-11(10(8)13)12(17)16(5-6-19-2)4-3-9(14)15-18/h7,18H,3-6H2,1-2H3,(H2,14,15). The number of amidine groups is 1. The first kappa shape index (κ1) is 16.7. The number of nitrogens with zero attached hydrogens (tertiary/aromatic N) is 2. The van der Waals surface area contributed by atoms with Crippen LogP contribution in [-0.2, 0) is 4.74 Å². The quantitative estimate of drug-likeness (QED) is 0.348. The van der Waals surface area contributed by atoms with Crippen LogP contribution in [-0.4, -0.2) is 48.7 Å². The molecule has 0 atom stereocenters. The second-order valence-electron chi connectivity index (χ2n) is 4.19. The highest BCUT2D eigenvalue weighted by molar-refractivity contribution is 7.13. The number of halogens is 1. The van der Waals surface area contributed by atoms with E-state index < -0.39 is 0 Å². The zero-order valence-electron chi connectivity index (χ0n) is 11.4. The summed E-state index contributed by atoms with van der Waals surface area (Å²) in [6.45, 7) is 3.02. The van der Waals surface area contributed by atoms with Gasteiger partial charge in [-0.05, 0) is 17.9 Å². The smallest absolute Gasteiger partial charge is 0.265 e. The zero-order chi connectivity index (χ0) is 15.1. The Kier molecular flexibility index (Phi) is 6.77. The van der Waals surface area contributed by atoms with Gasteiger partial charge >= 0.3 is 0 Å². The van der Waals surface area contributed by atoms with E-state index >= 15 is 0 Å². The molecule has 1 aromatic rings. The van der Waals surface area contributed by atoms with Crippen LogP contribution in [0.5, 0.6) is 0 Å². The molecule has 3 N–H and O–H groups in total. The molecule has 0 unspecified atom stereocenters. The van der Waals surface area contributed by atoms with Gasteiger partial charge < -0.3 is 20.6 Å². The van der Waals surface area contributed by atoms with Crippen molar-refractivity contribution in [2.45, 2.75) is 13.3 Å². The maximum atomic E-state index is 12.4. The number of thiophene rings is 1. The predicted molar refractivity (Wildman–Crippen MR) is 79.9 cm³/mol. The number of hydrogen-bond acceptors (Lipinski definition) is 5. The summed E-state index contributed by atoms with van der Waals surface area (Å²) >= 11 is 7.43. The van der Waals surface area contributed by atoms with E-state index in [1.165, 1.54) is 11.3 Å². The van der Waals surface area contributed by atoms with E-state index in [1.54, 1.807) is 12.0 Å². The van der Waals surface area contributed by atoms with Crippen molar-refractivity contribution in [3.8, 4) is 0 Å². The molecule has 0 radical (unpaired) electrons. The lowest BCUT2D eigenvalue weighted by Gasteiger charge is -2.21. The number of amides is 1. The summed E-state index contributed by atoms with van der Waals surface area (Å²) in [6, 6.07) is 0. The van der Waals surface area contributed by atoms with Crippen LogP contribution >= 0.6 is 22.9 Å². The Labute approximate surface area is 126 Å². The Bertz CT molecular complexity index is 490. The van der Waals surface area contributed by atoms with Gasteiger partial charge in [-0.1, -0.05) is 16.8 Å². The third-order valence-corrected chi connectivity index (χ3v) is 4.40. The van der Waals surface area contributed by atoms with Gasteiger partial charge in [0.05, 0.1) is 11.6 Å². The SMILES string of the molecule is COCCN(CC/C(N)=N/O)C(=O)c1scc(C)c1Cl. The number of ether oxygens (including phenoxy) is 1. The molecule has 0 aliphatic rings. The first-order valence-corrected chi connectivity index (χ1v) is 7.25. The number of carbonyl (C=O) groups excluding carboxylic acids is 1. The minimum Gasteiger partial charge on any atom is -0.409 e. The van der Waals surface area contributed by atoms with E-state index in [1.807, 2.05) is 12.3 Å². The van der Waals surface area contributed by atoms with Crippen LogP contribution in [0.1, 0.15) is 21.7 Å². The summed E-state index contributed by atoms with van der Waals surface area (Å²) < 4.78 is 4.99. The summed E-state index contributed by atoms with van der Waals surface area (Å²) in [5.74, 6) is -0.0930. The second kappa shape index (κ2) is 8.08. The Hall–Kier alpha value is -1.31. The molecule has 0 spiro atoms. The van der Waals surface area contributed by atoms with Gasteiger partial charge in [-0.15, -0.1) is 11.3 Å². The first-order valence-electron chi connectivity index (χ1n) is 5.99. The molecule has 8 heteroatoms. The average molecular weight is 320 g/mol. The van der Waals surface area contributed by atoms with Crippen molar-refractivity contribution < 1.29 is 14.7 Å². The van der Waals surface area contributed by atoms with Crippen LogP contribution in [0.3, 0.4) is 0 Å². The maximum Gasteiger partial charge on any atom is 0.265 e. The third kappa shape index (κ3) is 4.36. The van der Waals surface area contributed by atoms with Crippen molar-refractivity contribution >= 4 is 34.7 Å². The molecule has 1 rings (SSSR count). The van der Waals surface area contributed by atoms with E-state index in [0.29, 0.717) is 29.6 Å². The molecule has 0 bridgehead atoms. The van der Waals surface area contributed by atoms with Crippen molar-refractivity contribution in [2.24, 2.45) is 10.9 Å². The van der Waals surface area contributed by atoms with Crippen LogP contribution in [0.4, 0.5) is 0 Å². The minimum absolute atomic E-state index is 0.0775. The summed E-state index contributed by atoms with van der Waals surface area (Å²) in [4.78, 5) is 14.5. The van der Waals surface area contributed by atoms with E-state index in [-0.39, 0.29) is 18.2 Å². The number of rotatable bonds is 7. The zero-order valence-corrected chi connectivity index (χ0v) is 13.0. The van der Waals surface area contributed by atoms with Gasteiger partial charge in [0.25, 0.3) is 5.91 Å². The topological polar surface area (TPSA) is 88.2 Å². The highest BCUT2D eigenvalue weighted by Crippen LogP contribution is 2.28. The van der Waals surface area contributed by atoms with Gasteiger partial charge in [-0.3, -0.25) is 4.79 Å².